The number of amides is 1. The number of rotatable bonds is 12. The molecule has 2 aliphatic rings. The monoisotopic (exact) mass is 590 g/mol. The zero-order chi connectivity index (χ0) is 30.3. The lowest BCUT2D eigenvalue weighted by Crippen LogP contribution is -2.36. The number of aromatic nitrogens is 3. The lowest BCUT2D eigenvalue weighted by Gasteiger charge is -2.26. The fourth-order valence-corrected chi connectivity index (χ4v) is 6.65. The van der Waals surface area contributed by atoms with Crippen LogP contribution in [0.2, 0.25) is 0 Å². The molecule has 0 bridgehead atoms. The summed E-state index contributed by atoms with van der Waals surface area (Å²) in [4.78, 5) is 13.7. The third-order valence-corrected chi connectivity index (χ3v) is 9.12. The third-order valence-electron chi connectivity index (χ3n) is 9.12. The normalized spacial score (nSPS) is 15.4. The summed E-state index contributed by atoms with van der Waals surface area (Å²) in [5.41, 5.74) is 6.08. The molecule has 1 heterocycles. The summed E-state index contributed by atoms with van der Waals surface area (Å²) in [5, 5.41) is 13.0. The summed E-state index contributed by atoms with van der Waals surface area (Å²) < 4.78 is 13.4. The van der Waals surface area contributed by atoms with Crippen molar-refractivity contribution in [2.45, 2.75) is 70.4 Å². The second kappa shape index (κ2) is 13.9. The maximum Gasteiger partial charge on any atom is 0.223 e. The van der Waals surface area contributed by atoms with Gasteiger partial charge in [-0.05, 0) is 60.1 Å². The summed E-state index contributed by atoms with van der Waals surface area (Å²) in [6.45, 7) is 0.519. The van der Waals surface area contributed by atoms with Crippen LogP contribution in [0, 0.1) is 5.92 Å². The summed E-state index contributed by atoms with van der Waals surface area (Å²) in [7, 11) is 3.34. The number of aryl methyl sites for hydroxylation is 2. The van der Waals surface area contributed by atoms with Gasteiger partial charge in [0.25, 0.3) is 0 Å². The van der Waals surface area contributed by atoms with Crippen molar-refractivity contribution in [1.29, 1.82) is 0 Å². The second-order valence-corrected chi connectivity index (χ2v) is 11.9. The molecule has 228 valence electrons. The van der Waals surface area contributed by atoms with Crippen molar-refractivity contribution in [1.82, 2.24) is 20.1 Å². The predicted molar refractivity (Wildman–Crippen MR) is 173 cm³/mol. The Balaban J connectivity index is 1.37. The van der Waals surface area contributed by atoms with Crippen LogP contribution in [0.4, 0.5) is 0 Å². The highest BCUT2D eigenvalue weighted by Gasteiger charge is 2.30. The predicted octanol–water partition coefficient (Wildman–Crippen LogP) is 6.90. The van der Waals surface area contributed by atoms with E-state index < -0.39 is 0 Å². The van der Waals surface area contributed by atoms with Gasteiger partial charge in [0.2, 0.25) is 5.91 Å². The highest BCUT2D eigenvalue weighted by Crippen LogP contribution is 2.36. The molecule has 4 aromatic rings. The molecule has 44 heavy (non-hydrogen) atoms. The average Bonchev–Trinajstić information content (AvgIpc) is 3.68. The number of carbonyl (C=O) groups excluding carboxylic acids is 1. The van der Waals surface area contributed by atoms with Crippen LogP contribution in [-0.2, 0) is 30.6 Å². The molecule has 1 fully saturated rings. The first-order valence-electron chi connectivity index (χ1n) is 15.9. The molecule has 1 atom stereocenters. The first-order chi connectivity index (χ1) is 21.6. The summed E-state index contributed by atoms with van der Waals surface area (Å²) in [6, 6.07) is 24.6. The number of nitrogens with zero attached hydrogens (tertiary/aromatic N) is 3. The molecule has 0 aliphatic heterocycles. The number of nitrogens with one attached hydrogen (secondary N) is 1. The molecular formula is C37H42N4O3. The minimum absolute atomic E-state index is 0.0479. The molecule has 1 saturated carbocycles. The van der Waals surface area contributed by atoms with E-state index in [0.717, 1.165) is 73.7 Å². The standard InChI is InChI=1S/C37H42N4O3/c1-43-31-21-20-30(34(24-31)44-2)25-41-35(22-17-26-11-5-3-6-12-26)39-40-36(41)33(38-37(42)28-14-7-4-8-15-28)23-29-19-18-27-13-9-10-16-32(27)29/h3,5-6,9-13,16,19-21,24,28,33H,4,7-8,14-15,17-18,22-23,25H2,1-2H3,(H,38,42)/t33-/m1/s1. The maximum atomic E-state index is 13.7. The Labute approximate surface area is 260 Å². The number of hydrogen-bond donors (Lipinski definition) is 1. The zero-order valence-corrected chi connectivity index (χ0v) is 25.8. The van der Waals surface area contributed by atoms with Crippen molar-refractivity contribution in [3.05, 3.63) is 113 Å². The van der Waals surface area contributed by atoms with Crippen molar-refractivity contribution >= 4 is 11.5 Å². The van der Waals surface area contributed by atoms with Crippen LogP contribution in [-0.4, -0.2) is 34.9 Å². The number of hydrogen-bond acceptors (Lipinski definition) is 5. The maximum absolute atomic E-state index is 13.7. The van der Waals surface area contributed by atoms with Crippen molar-refractivity contribution in [2.24, 2.45) is 5.92 Å². The minimum atomic E-state index is -0.316. The number of carbonyl (C=O) groups is 1. The van der Waals surface area contributed by atoms with E-state index in [2.05, 4.69) is 64.5 Å². The molecule has 0 radical (unpaired) electrons. The molecule has 3 aromatic carbocycles. The van der Waals surface area contributed by atoms with Crippen LogP contribution in [0.25, 0.3) is 5.57 Å². The van der Waals surface area contributed by atoms with Gasteiger partial charge >= 0.3 is 0 Å². The number of benzene rings is 3. The minimum Gasteiger partial charge on any atom is -0.497 e. The Morgan fingerprint density at radius 2 is 1.73 bits per heavy atom. The second-order valence-electron chi connectivity index (χ2n) is 11.9. The van der Waals surface area contributed by atoms with Crippen molar-refractivity contribution < 1.29 is 14.3 Å². The molecule has 0 unspecified atom stereocenters. The number of methoxy groups -OCH3 is 2. The first kappa shape index (κ1) is 29.7. The molecule has 2 aliphatic carbocycles. The molecule has 1 amide bonds. The van der Waals surface area contributed by atoms with Crippen LogP contribution >= 0.6 is 0 Å². The van der Waals surface area contributed by atoms with Gasteiger partial charge in [-0.1, -0.05) is 79.9 Å². The molecule has 0 spiro atoms. The lowest BCUT2D eigenvalue weighted by atomic mass is 9.88. The van der Waals surface area contributed by atoms with Crippen LogP contribution < -0.4 is 14.8 Å². The van der Waals surface area contributed by atoms with E-state index in [0.29, 0.717) is 13.0 Å². The van der Waals surface area contributed by atoms with E-state index in [-0.39, 0.29) is 17.9 Å². The fraction of sp³-hybridized carbons (Fsp3) is 0.378. The Morgan fingerprint density at radius 1 is 0.932 bits per heavy atom. The molecule has 7 heteroatoms. The van der Waals surface area contributed by atoms with Gasteiger partial charge in [-0.15, -0.1) is 10.2 Å². The van der Waals surface area contributed by atoms with E-state index in [1.807, 2.05) is 24.3 Å². The van der Waals surface area contributed by atoms with Crippen molar-refractivity contribution in [2.75, 3.05) is 14.2 Å². The number of allylic oxidation sites excluding steroid dienone is 1. The Kier molecular flexibility index (Phi) is 9.40. The highest BCUT2D eigenvalue weighted by atomic mass is 16.5. The Hall–Kier alpha value is -4.39. The van der Waals surface area contributed by atoms with Gasteiger partial charge < -0.3 is 19.4 Å². The van der Waals surface area contributed by atoms with E-state index in [1.165, 1.54) is 28.7 Å². The topological polar surface area (TPSA) is 78.3 Å². The van der Waals surface area contributed by atoms with Crippen LogP contribution in [0.1, 0.15) is 78.5 Å². The van der Waals surface area contributed by atoms with Crippen LogP contribution in [0.15, 0.2) is 78.9 Å². The van der Waals surface area contributed by atoms with Gasteiger partial charge in [-0.2, -0.15) is 0 Å². The van der Waals surface area contributed by atoms with E-state index >= 15 is 0 Å². The Morgan fingerprint density at radius 3 is 2.52 bits per heavy atom. The van der Waals surface area contributed by atoms with Gasteiger partial charge in [0, 0.05) is 30.4 Å². The van der Waals surface area contributed by atoms with Crippen LogP contribution in [0.3, 0.4) is 0 Å². The summed E-state index contributed by atoms with van der Waals surface area (Å²) >= 11 is 0. The van der Waals surface area contributed by atoms with Crippen molar-refractivity contribution in [3.63, 3.8) is 0 Å². The fourth-order valence-electron chi connectivity index (χ4n) is 6.65. The highest BCUT2D eigenvalue weighted by molar-refractivity contribution is 5.80. The van der Waals surface area contributed by atoms with Gasteiger partial charge in [0.05, 0.1) is 26.8 Å². The van der Waals surface area contributed by atoms with Gasteiger partial charge in [-0.25, -0.2) is 0 Å². The first-order valence-corrected chi connectivity index (χ1v) is 15.9. The zero-order valence-electron chi connectivity index (χ0n) is 25.8. The molecule has 1 N–H and O–H groups in total. The van der Waals surface area contributed by atoms with Gasteiger partial charge in [0.15, 0.2) is 5.82 Å². The van der Waals surface area contributed by atoms with Crippen LogP contribution in [0.5, 0.6) is 11.5 Å². The summed E-state index contributed by atoms with van der Waals surface area (Å²) in [5.74, 6) is 3.33. The largest absolute Gasteiger partial charge is 0.497 e. The smallest absolute Gasteiger partial charge is 0.223 e. The quantitative estimate of drug-likeness (QED) is 0.194. The van der Waals surface area contributed by atoms with E-state index in [4.69, 9.17) is 19.7 Å². The number of ether oxygens (including phenoxy) is 2. The van der Waals surface area contributed by atoms with E-state index in [1.54, 1.807) is 14.2 Å². The molecule has 1 aromatic heterocycles. The van der Waals surface area contributed by atoms with Gasteiger partial charge in [0.1, 0.15) is 17.3 Å². The Bertz CT molecular complexity index is 1600. The third kappa shape index (κ3) is 6.72. The van der Waals surface area contributed by atoms with Crippen molar-refractivity contribution in [3.8, 4) is 11.5 Å². The number of fused-ring (bicyclic) bond motifs is 1. The lowest BCUT2D eigenvalue weighted by molar-refractivity contribution is -0.126. The molecule has 6 rings (SSSR count). The summed E-state index contributed by atoms with van der Waals surface area (Å²) in [6.07, 6.45) is 10.8. The molecular weight excluding hydrogens is 548 g/mol. The SMILES string of the molecule is COc1ccc(Cn2c(CCc3ccccc3)nnc2[C@@H](CC2=CCc3ccccc32)NC(=O)C2CCCCC2)c(OC)c1. The van der Waals surface area contributed by atoms with Gasteiger partial charge in [-0.3, -0.25) is 4.79 Å². The van der Waals surface area contributed by atoms with E-state index in [9.17, 15) is 4.79 Å². The molecule has 0 saturated heterocycles. The molecule has 7 nitrogen and oxygen atoms in total. The average molecular weight is 591 g/mol.